The molecule has 0 radical (unpaired) electrons. The van der Waals surface area contributed by atoms with Gasteiger partial charge in [-0.15, -0.1) is 0 Å². The molecule has 2 unspecified atom stereocenters. The Labute approximate surface area is 103 Å². The molecule has 0 spiro atoms. The van der Waals surface area contributed by atoms with Gasteiger partial charge in [0.1, 0.15) is 0 Å². The number of aryl methyl sites for hydroxylation is 1. The average molecular weight is 228 g/mol. The SMILES string of the molecule is Cc1ccc(C23C[C@@H]4CC(C[C@@H](C4)C2)O3)cc1. The Balaban J connectivity index is 1.74. The third-order valence-corrected chi connectivity index (χ3v) is 5.07. The normalized spacial score (nSPS) is 43.0. The molecule has 1 nitrogen and oxygen atoms in total. The summed E-state index contributed by atoms with van der Waals surface area (Å²) in [5.74, 6) is 1.87. The molecule has 1 heteroatoms. The van der Waals surface area contributed by atoms with Gasteiger partial charge in [0.25, 0.3) is 0 Å². The lowest BCUT2D eigenvalue weighted by atomic mass is 9.60. The monoisotopic (exact) mass is 228 g/mol. The van der Waals surface area contributed by atoms with Crippen LogP contribution in [0.3, 0.4) is 0 Å². The Hall–Kier alpha value is -0.820. The molecule has 1 aromatic carbocycles. The molecule has 2 aliphatic heterocycles. The fourth-order valence-electron chi connectivity index (χ4n) is 4.53. The van der Waals surface area contributed by atoms with Crippen LogP contribution in [0.25, 0.3) is 0 Å². The van der Waals surface area contributed by atoms with Crippen molar-refractivity contribution in [2.75, 3.05) is 0 Å². The van der Waals surface area contributed by atoms with Crippen LogP contribution in [0.4, 0.5) is 0 Å². The van der Waals surface area contributed by atoms with Crippen LogP contribution in [0.5, 0.6) is 0 Å². The summed E-state index contributed by atoms with van der Waals surface area (Å²) in [6, 6.07) is 9.06. The molecule has 5 rings (SSSR count). The zero-order valence-electron chi connectivity index (χ0n) is 10.5. The van der Waals surface area contributed by atoms with Crippen LogP contribution in [0.15, 0.2) is 24.3 Å². The minimum Gasteiger partial charge on any atom is -0.367 e. The number of hydrogen-bond donors (Lipinski definition) is 0. The molecule has 2 aliphatic carbocycles. The molecule has 2 saturated carbocycles. The molecule has 0 aromatic heterocycles. The first-order chi connectivity index (χ1) is 8.23. The van der Waals surface area contributed by atoms with Gasteiger partial charge in [0.15, 0.2) is 0 Å². The van der Waals surface area contributed by atoms with Crippen LogP contribution in [-0.4, -0.2) is 6.10 Å². The highest BCUT2D eigenvalue weighted by molar-refractivity contribution is 5.29. The highest BCUT2D eigenvalue weighted by Gasteiger charge is 2.52. The Bertz CT molecular complexity index is 396. The fourth-order valence-corrected chi connectivity index (χ4v) is 4.53. The van der Waals surface area contributed by atoms with Crippen molar-refractivity contribution >= 4 is 0 Å². The quantitative estimate of drug-likeness (QED) is 0.710. The van der Waals surface area contributed by atoms with Gasteiger partial charge in [0.05, 0.1) is 11.7 Å². The fraction of sp³-hybridized carbons (Fsp3) is 0.625. The van der Waals surface area contributed by atoms with Gasteiger partial charge < -0.3 is 4.74 Å². The second-order valence-electron chi connectivity index (χ2n) is 6.45. The van der Waals surface area contributed by atoms with E-state index in [1.165, 1.54) is 43.2 Å². The van der Waals surface area contributed by atoms with E-state index in [1.54, 1.807) is 0 Å². The van der Waals surface area contributed by atoms with Crippen molar-refractivity contribution < 1.29 is 4.74 Å². The molecule has 4 aliphatic rings. The molecule has 90 valence electrons. The smallest absolute Gasteiger partial charge is 0.0940 e. The molecule has 17 heavy (non-hydrogen) atoms. The third kappa shape index (κ3) is 1.48. The van der Waals surface area contributed by atoms with E-state index in [-0.39, 0.29) is 5.60 Å². The van der Waals surface area contributed by atoms with Gasteiger partial charge in [-0.1, -0.05) is 29.8 Å². The van der Waals surface area contributed by atoms with Crippen molar-refractivity contribution in [1.29, 1.82) is 0 Å². The van der Waals surface area contributed by atoms with Gasteiger partial charge in [-0.2, -0.15) is 0 Å². The molecule has 4 fully saturated rings. The zero-order valence-corrected chi connectivity index (χ0v) is 10.5. The van der Waals surface area contributed by atoms with E-state index in [1.807, 2.05) is 0 Å². The van der Waals surface area contributed by atoms with Gasteiger partial charge in [-0.05, 0) is 56.4 Å². The Kier molecular flexibility index (Phi) is 2.00. The first-order valence-electron chi connectivity index (χ1n) is 6.98. The molecular formula is C16H20O. The summed E-state index contributed by atoms with van der Waals surface area (Å²) >= 11 is 0. The first kappa shape index (κ1) is 10.1. The number of hydrogen-bond acceptors (Lipinski definition) is 1. The van der Waals surface area contributed by atoms with Crippen molar-refractivity contribution in [2.45, 2.75) is 50.7 Å². The van der Waals surface area contributed by atoms with E-state index >= 15 is 0 Å². The highest BCUT2D eigenvalue weighted by Crippen LogP contribution is 2.57. The zero-order chi connectivity index (χ0) is 11.5. The lowest BCUT2D eigenvalue weighted by molar-refractivity contribution is -0.226. The summed E-state index contributed by atoms with van der Waals surface area (Å²) in [4.78, 5) is 0. The Morgan fingerprint density at radius 2 is 1.65 bits per heavy atom. The van der Waals surface area contributed by atoms with Gasteiger partial charge in [0.2, 0.25) is 0 Å². The van der Waals surface area contributed by atoms with E-state index in [0.29, 0.717) is 6.10 Å². The summed E-state index contributed by atoms with van der Waals surface area (Å²) in [7, 11) is 0. The number of rotatable bonds is 1. The molecule has 0 N–H and O–H groups in total. The van der Waals surface area contributed by atoms with Crippen LogP contribution in [0.1, 0.15) is 43.2 Å². The predicted octanol–water partition coefficient (Wildman–Crippen LogP) is 3.80. The summed E-state index contributed by atoms with van der Waals surface area (Å²) < 4.78 is 6.44. The van der Waals surface area contributed by atoms with Crippen molar-refractivity contribution in [1.82, 2.24) is 0 Å². The average Bonchev–Trinajstić information content (AvgIpc) is 2.27. The van der Waals surface area contributed by atoms with Crippen molar-refractivity contribution in [3.63, 3.8) is 0 Å². The molecule has 4 atom stereocenters. The summed E-state index contributed by atoms with van der Waals surface area (Å²) in [6.07, 6.45) is 7.20. The lowest BCUT2D eigenvalue weighted by Gasteiger charge is -2.56. The second-order valence-corrected chi connectivity index (χ2v) is 6.45. The van der Waals surface area contributed by atoms with E-state index in [9.17, 15) is 0 Å². The van der Waals surface area contributed by atoms with Gasteiger partial charge in [-0.25, -0.2) is 0 Å². The Morgan fingerprint density at radius 3 is 2.24 bits per heavy atom. The largest absolute Gasteiger partial charge is 0.367 e. The van der Waals surface area contributed by atoms with E-state index < -0.39 is 0 Å². The van der Waals surface area contributed by atoms with Crippen LogP contribution in [0, 0.1) is 18.8 Å². The maximum absolute atomic E-state index is 6.44. The molecule has 0 amide bonds. The summed E-state index contributed by atoms with van der Waals surface area (Å²) in [5.41, 5.74) is 2.86. The third-order valence-electron chi connectivity index (χ3n) is 5.07. The maximum Gasteiger partial charge on any atom is 0.0940 e. The minimum absolute atomic E-state index is 0.0858. The summed E-state index contributed by atoms with van der Waals surface area (Å²) in [6.45, 7) is 2.16. The predicted molar refractivity (Wildman–Crippen MR) is 67.8 cm³/mol. The van der Waals surface area contributed by atoms with Gasteiger partial charge in [0, 0.05) is 0 Å². The van der Waals surface area contributed by atoms with E-state index in [2.05, 4.69) is 31.2 Å². The van der Waals surface area contributed by atoms with Crippen molar-refractivity contribution in [3.05, 3.63) is 35.4 Å². The topological polar surface area (TPSA) is 9.23 Å². The maximum atomic E-state index is 6.44. The lowest BCUT2D eigenvalue weighted by Crippen LogP contribution is -2.52. The van der Waals surface area contributed by atoms with E-state index in [0.717, 1.165) is 11.8 Å². The van der Waals surface area contributed by atoms with Crippen LogP contribution in [-0.2, 0) is 10.3 Å². The molecule has 4 bridgehead atoms. The molecule has 2 heterocycles. The van der Waals surface area contributed by atoms with E-state index in [4.69, 9.17) is 4.74 Å². The van der Waals surface area contributed by atoms with Crippen molar-refractivity contribution in [2.24, 2.45) is 11.8 Å². The first-order valence-corrected chi connectivity index (χ1v) is 6.98. The van der Waals surface area contributed by atoms with Crippen LogP contribution >= 0.6 is 0 Å². The molecule has 2 saturated heterocycles. The minimum atomic E-state index is 0.0858. The standard InChI is InChI=1S/C16H20O/c1-11-2-4-14(5-3-11)16-9-12-6-13(10-16)8-15(7-12)17-16/h2-5,12-13,15H,6-10H2,1H3/t12-,13+,15?,16?. The Morgan fingerprint density at radius 1 is 1.00 bits per heavy atom. The van der Waals surface area contributed by atoms with Crippen LogP contribution < -0.4 is 0 Å². The van der Waals surface area contributed by atoms with Crippen LogP contribution in [0.2, 0.25) is 0 Å². The molecular weight excluding hydrogens is 208 g/mol. The molecule has 1 aromatic rings. The van der Waals surface area contributed by atoms with Gasteiger partial charge >= 0.3 is 0 Å². The number of benzene rings is 1. The highest BCUT2D eigenvalue weighted by atomic mass is 16.5. The summed E-state index contributed by atoms with van der Waals surface area (Å²) in [5, 5.41) is 0. The second kappa shape index (κ2) is 3.35. The van der Waals surface area contributed by atoms with Gasteiger partial charge in [-0.3, -0.25) is 0 Å². The number of ether oxygens (including phenoxy) is 1. The van der Waals surface area contributed by atoms with Crippen molar-refractivity contribution in [3.8, 4) is 0 Å².